The molecule has 13 heavy (non-hydrogen) atoms. The molecule has 0 radical (unpaired) electrons. The van der Waals surface area contributed by atoms with E-state index in [2.05, 4.69) is 0 Å². The van der Waals surface area contributed by atoms with E-state index < -0.39 is 19.0 Å². The van der Waals surface area contributed by atoms with Crippen molar-refractivity contribution in [3.05, 3.63) is 0 Å². The summed E-state index contributed by atoms with van der Waals surface area (Å²) in [6.45, 7) is 2.86. The summed E-state index contributed by atoms with van der Waals surface area (Å²) in [7, 11) is 0. The van der Waals surface area contributed by atoms with Crippen molar-refractivity contribution in [1.82, 2.24) is 4.90 Å². The van der Waals surface area contributed by atoms with E-state index in [4.69, 9.17) is 0 Å². The smallest absolute Gasteiger partial charge is 0.448 e. The van der Waals surface area contributed by atoms with E-state index in [0.29, 0.717) is 6.54 Å². The van der Waals surface area contributed by atoms with Crippen LogP contribution < -0.4 is 51.4 Å². The average molecular weight is 221 g/mol. The molecule has 0 aliphatic heterocycles. The molecule has 0 spiro atoms. The predicted molar refractivity (Wildman–Crippen MR) is 46.1 cm³/mol. The molecule has 0 aromatic rings. The maximum atomic E-state index is 12.0. The van der Waals surface area contributed by atoms with E-state index in [1.165, 1.54) is 4.90 Å². The van der Waals surface area contributed by atoms with Gasteiger partial charge in [0.15, 0.2) is 0 Å². The van der Waals surface area contributed by atoms with E-state index in [9.17, 15) is 12.9 Å². The quantitative estimate of drug-likeness (QED) is 0.580. The Morgan fingerprint density at radius 3 is 1.62 bits per heavy atom. The molecule has 0 rings (SSSR count). The van der Waals surface area contributed by atoms with Crippen LogP contribution in [0.3, 0.4) is 0 Å². The van der Waals surface area contributed by atoms with Gasteiger partial charge in [0.25, 0.3) is 0 Å². The van der Waals surface area contributed by atoms with Crippen molar-refractivity contribution in [2.45, 2.75) is 33.2 Å². The third kappa shape index (κ3) is 8.45. The molecular formula is C7H16BF3KN. The van der Waals surface area contributed by atoms with Gasteiger partial charge in [-0.15, -0.1) is 0 Å². The van der Waals surface area contributed by atoms with Gasteiger partial charge in [-0.1, -0.05) is 6.92 Å². The Hall–Kier alpha value is 1.45. The van der Waals surface area contributed by atoms with Gasteiger partial charge in [-0.2, -0.15) is 0 Å². The molecular weight excluding hydrogens is 205 g/mol. The van der Waals surface area contributed by atoms with Crippen LogP contribution in [0.4, 0.5) is 12.9 Å². The van der Waals surface area contributed by atoms with Crippen molar-refractivity contribution in [2.75, 3.05) is 13.0 Å². The maximum absolute atomic E-state index is 12.0. The summed E-state index contributed by atoms with van der Waals surface area (Å²) in [5.41, 5.74) is -0.397. The Labute approximate surface area is 121 Å². The maximum Gasteiger partial charge on any atom is 1.00 e. The van der Waals surface area contributed by atoms with Crippen molar-refractivity contribution in [3.8, 4) is 0 Å². The van der Waals surface area contributed by atoms with Crippen LogP contribution in [0.1, 0.15) is 27.7 Å². The zero-order valence-corrected chi connectivity index (χ0v) is 12.2. The molecule has 1 nitrogen and oxygen atoms in total. The monoisotopic (exact) mass is 221 g/mol. The summed E-state index contributed by atoms with van der Waals surface area (Å²) in [5, 5.41) is 0. The zero-order valence-electron chi connectivity index (χ0n) is 9.07. The predicted octanol–water partition coefficient (Wildman–Crippen LogP) is -0.503. The first-order chi connectivity index (χ1) is 5.17. The molecule has 74 valence electrons. The molecule has 0 aromatic carbocycles. The standard InChI is InChI=1S/C7H16BF3N.K/c1-5-12(7(2,3)4)6-8(9,10)11;/h5-6H2,1-4H3;/q-1;+1. The fourth-order valence-corrected chi connectivity index (χ4v) is 1.13. The van der Waals surface area contributed by atoms with Crippen LogP contribution in [0, 0.1) is 0 Å². The SMILES string of the molecule is CCN(C[B-](F)(F)F)C(C)(C)C.[K+]. The topological polar surface area (TPSA) is 3.24 Å². The van der Waals surface area contributed by atoms with E-state index in [0.717, 1.165) is 0 Å². The molecule has 0 saturated heterocycles. The van der Waals surface area contributed by atoms with Crippen LogP contribution >= 0.6 is 0 Å². The Balaban J connectivity index is 0. The first-order valence-electron chi connectivity index (χ1n) is 4.13. The van der Waals surface area contributed by atoms with Crippen LogP contribution in [0.2, 0.25) is 0 Å². The number of nitrogens with zero attached hydrogens (tertiary/aromatic N) is 1. The molecule has 0 heterocycles. The van der Waals surface area contributed by atoms with E-state index in [-0.39, 0.29) is 51.4 Å². The Kier molecular flexibility index (Phi) is 7.95. The van der Waals surface area contributed by atoms with Crippen LogP contribution in [0.15, 0.2) is 0 Å². The molecule has 0 saturated carbocycles. The molecule has 0 aromatic heterocycles. The van der Waals surface area contributed by atoms with Gasteiger partial charge in [0.1, 0.15) is 0 Å². The summed E-state index contributed by atoms with van der Waals surface area (Å²) in [6.07, 6.45) is -0.764. The summed E-state index contributed by atoms with van der Waals surface area (Å²) < 4.78 is 36.1. The van der Waals surface area contributed by atoms with Crippen LogP contribution in [-0.4, -0.2) is 30.4 Å². The van der Waals surface area contributed by atoms with Crippen molar-refractivity contribution < 1.29 is 64.3 Å². The number of hydrogen-bond acceptors (Lipinski definition) is 1. The fourth-order valence-electron chi connectivity index (χ4n) is 1.13. The largest absolute Gasteiger partial charge is 1.00 e. The van der Waals surface area contributed by atoms with Gasteiger partial charge in [-0.25, -0.2) is 0 Å². The molecule has 0 amide bonds. The first kappa shape index (κ1) is 16.9. The number of rotatable bonds is 3. The Morgan fingerprint density at radius 2 is 1.54 bits per heavy atom. The van der Waals surface area contributed by atoms with Gasteiger partial charge in [-0.3, -0.25) is 0 Å². The Morgan fingerprint density at radius 1 is 1.15 bits per heavy atom. The molecule has 0 aliphatic carbocycles. The van der Waals surface area contributed by atoms with Crippen molar-refractivity contribution in [2.24, 2.45) is 0 Å². The average Bonchev–Trinajstić information content (AvgIpc) is 1.78. The van der Waals surface area contributed by atoms with Gasteiger partial charge in [0, 0.05) is 5.54 Å². The van der Waals surface area contributed by atoms with E-state index >= 15 is 0 Å². The summed E-state index contributed by atoms with van der Waals surface area (Å²) in [4.78, 5) is 1.42. The molecule has 6 heteroatoms. The minimum Gasteiger partial charge on any atom is -0.448 e. The van der Waals surface area contributed by atoms with Gasteiger partial charge in [0.05, 0.1) is 0 Å². The number of hydrogen-bond donors (Lipinski definition) is 0. The van der Waals surface area contributed by atoms with Crippen molar-refractivity contribution in [3.63, 3.8) is 0 Å². The normalized spacial score (nSPS) is 12.9. The van der Waals surface area contributed by atoms with Crippen molar-refractivity contribution >= 4 is 6.98 Å². The van der Waals surface area contributed by atoms with E-state index in [1.807, 2.05) is 0 Å². The Bertz CT molecular complexity index is 144. The third-order valence-corrected chi connectivity index (χ3v) is 1.76. The summed E-state index contributed by atoms with van der Waals surface area (Å²) >= 11 is 0. The molecule has 0 aliphatic rings. The van der Waals surface area contributed by atoms with Crippen molar-refractivity contribution in [1.29, 1.82) is 0 Å². The zero-order chi connectivity index (χ0) is 9.99. The summed E-state index contributed by atoms with van der Waals surface area (Å²) in [5.74, 6) is 0. The second-order valence-electron chi connectivity index (χ2n) is 3.92. The third-order valence-electron chi connectivity index (χ3n) is 1.76. The van der Waals surface area contributed by atoms with E-state index in [1.54, 1.807) is 27.7 Å². The van der Waals surface area contributed by atoms with Gasteiger partial charge < -0.3 is 17.8 Å². The molecule has 0 bridgehead atoms. The summed E-state index contributed by atoms with van der Waals surface area (Å²) in [6, 6.07) is 0. The minimum absolute atomic E-state index is 0. The molecule has 0 atom stereocenters. The molecule has 0 unspecified atom stereocenters. The number of halogens is 3. The van der Waals surface area contributed by atoms with Crippen LogP contribution in [0.25, 0.3) is 0 Å². The minimum atomic E-state index is -4.69. The first-order valence-corrected chi connectivity index (χ1v) is 4.13. The van der Waals surface area contributed by atoms with Gasteiger partial charge in [0.2, 0.25) is 0 Å². The molecule has 0 fully saturated rings. The second kappa shape index (κ2) is 6.13. The molecule has 0 N–H and O–H groups in total. The van der Waals surface area contributed by atoms with Gasteiger partial charge >= 0.3 is 58.4 Å². The van der Waals surface area contributed by atoms with Crippen LogP contribution in [-0.2, 0) is 0 Å². The van der Waals surface area contributed by atoms with Gasteiger partial charge in [-0.05, 0) is 33.8 Å². The van der Waals surface area contributed by atoms with Crippen LogP contribution in [0.5, 0.6) is 0 Å². The second-order valence-corrected chi connectivity index (χ2v) is 3.92. The fraction of sp³-hybridized carbons (Fsp3) is 1.00.